The molecule has 1 N–H and O–H groups in total. The average molecular weight is 258 g/mol. The Labute approximate surface area is 109 Å². The minimum Gasteiger partial charge on any atom is -0.313 e. The third-order valence-electron chi connectivity index (χ3n) is 3.10. The standard InChI is InChI=1S/C13H14N4S/c1-14-12(6-10-2-5-18-9-10)11-7-16-17-4-3-15-8-13(11)17/h2-5,7-9,12,14H,6H2,1H3. The molecule has 92 valence electrons. The highest BCUT2D eigenvalue weighted by molar-refractivity contribution is 7.07. The molecule has 1 atom stereocenters. The van der Waals surface area contributed by atoms with Gasteiger partial charge in [0, 0.05) is 24.0 Å². The van der Waals surface area contributed by atoms with Gasteiger partial charge in [-0.2, -0.15) is 16.4 Å². The van der Waals surface area contributed by atoms with Gasteiger partial charge in [0.2, 0.25) is 0 Å². The molecule has 0 amide bonds. The summed E-state index contributed by atoms with van der Waals surface area (Å²) in [5.41, 5.74) is 3.60. The molecular formula is C13H14N4S. The second-order valence-electron chi connectivity index (χ2n) is 4.18. The Balaban J connectivity index is 1.96. The number of aromatic nitrogens is 3. The van der Waals surface area contributed by atoms with Crippen molar-refractivity contribution >= 4 is 16.9 Å². The summed E-state index contributed by atoms with van der Waals surface area (Å²) in [6, 6.07) is 2.43. The van der Waals surface area contributed by atoms with Gasteiger partial charge in [-0.3, -0.25) is 4.98 Å². The molecule has 5 heteroatoms. The van der Waals surface area contributed by atoms with E-state index in [0.717, 1.165) is 11.9 Å². The fourth-order valence-electron chi connectivity index (χ4n) is 2.13. The minimum atomic E-state index is 0.265. The van der Waals surface area contributed by atoms with Gasteiger partial charge < -0.3 is 5.32 Å². The first-order valence-corrected chi connectivity index (χ1v) is 6.78. The van der Waals surface area contributed by atoms with Gasteiger partial charge in [-0.15, -0.1) is 0 Å². The number of hydrogen-bond acceptors (Lipinski definition) is 4. The van der Waals surface area contributed by atoms with E-state index in [-0.39, 0.29) is 6.04 Å². The number of thiophene rings is 1. The van der Waals surface area contributed by atoms with Crippen molar-refractivity contribution < 1.29 is 0 Å². The van der Waals surface area contributed by atoms with E-state index in [1.165, 1.54) is 11.1 Å². The second kappa shape index (κ2) is 4.88. The summed E-state index contributed by atoms with van der Waals surface area (Å²) < 4.78 is 1.86. The molecular weight excluding hydrogens is 244 g/mol. The molecule has 1 unspecified atom stereocenters. The third kappa shape index (κ3) is 2.02. The number of hydrogen-bond donors (Lipinski definition) is 1. The van der Waals surface area contributed by atoms with Gasteiger partial charge in [-0.1, -0.05) is 0 Å². The molecule has 0 saturated heterocycles. The quantitative estimate of drug-likeness (QED) is 0.780. The van der Waals surface area contributed by atoms with Gasteiger partial charge in [0.25, 0.3) is 0 Å². The van der Waals surface area contributed by atoms with Crippen molar-refractivity contribution in [3.05, 3.63) is 52.7 Å². The molecule has 4 nitrogen and oxygen atoms in total. The summed E-state index contributed by atoms with van der Waals surface area (Å²) in [6.07, 6.45) is 8.37. The van der Waals surface area contributed by atoms with Crippen molar-refractivity contribution in [2.24, 2.45) is 0 Å². The lowest BCUT2D eigenvalue weighted by molar-refractivity contribution is 0.597. The Kier molecular flexibility index (Phi) is 3.08. The third-order valence-corrected chi connectivity index (χ3v) is 3.83. The minimum absolute atomic E-state index is 0.265. The van der Waals surface area contributed by atoms with Crippen molar-refractivity contribution in [2.45, 2.75) is 12.5 Å². The highest BCUT2D eigenvalue weighted by Gasteiger charge is 2.15. The first kappa shape index (κ1) is 11.4. The fraction of sp³-hybridized carbons (Fsp3) is 0.231. The highest BCUT2D eigenvalue weighted by atomic mass is 32.1. The summed E-state index contributed by atoms with van der Waals surface area (Å²) in [5.74, 6) is 0. The first-order chi connectivity index (χ1) is 8.88. The molecule has 0 aliphatic carbocycles. The van der Waals surface area contributed by atoms with E-state index in [1.54, 1.807) is 17.5 Å². The van der Waals surface area contributed by atoms with Gasteiger partial charge >= 0.3 is 0 Å². The molecule has 3 aromatic rings. The number of fused-ring (bicyclic) bond motifs is 1. The molecule has 0 aliphatic rings. The van der Waals surface area contributed by atoms with Crippen LogP contribution in [0.5, 0.6) is 0 Å². The highest BCUT2D eigenvalue weighted by Crippen LogP contribution is 2.22. The average Bonchev–Trinajstić information content (AvgIpc) is 3.05. The van der Waals surface area contributed by atoms with Gasteiger partial charge in [0.1, 0.15) is 0 Å². The van der Waals surface area contributed by atoms with Crippen molar-refractivity contribution in [1.82, 2.24) is 19.9 Å². The van der Waals surface area contributed by atoms with Crippen molar-refractivity contribution in [2.75, 3.05) is 7.05 Å². The topological polar surface area (TPSA) is 42.2 Å². The maximum absolute atomic E-state index is 4.36. The van der Waals surface area contributed by atoms with Crippen LogP contribution in [-0.2, 0) is 6.42 Å². The van der Waals surface area contributed by atoms with Crippen molar-refractivity contribution in [3.8, 4) is 0 Å². The molecule has 0 saturated carbocycles. The van der Waals surface area contributed by atoms with Crippen LogP contribution in [0.1, 0.15) is 17.2 Å². The predicted octanol–water partition coefficient (Wildman–Crippen LogP) is 2.29. The number of likely N-dealkylation sites (N-methyl/N-ethyl adjacent to an activating group) is 1. The number of nitrogens with one attached hydrogen (secondary N) is 1. The Hall–Kier alpha value is -1.72. The molecule has 0 radical (unpaired) electrons. The molecule has 0 aromatic carbocycles. The molecule has 18 heavy (non-hydrogen) atoms. The summed E-state index contributed by atoms with van der Waals surface area (Å²) in [5, 5.41) is 12.0. The lowest BCUT2D eigenvalue weighted by Crippen LogP contribution is -2.18. The van der Waals surface area contributed by atoms with Crippen molar-refractivity contribution in [1.29, 1.82) is 0 Å². The molecule has 3 heterocycles. The lowest BCUT2D eigenvalue weighted by Gasteiger charge is -2.14. The number of rotatable bonds is 4. The fourth-order valence-corrected chi connectivity index (χ4v) is 2.81. The van der Waals surface area contributed by atoms with Crippen LogP contribution in [0.4, 0.5) is 0 Å². The molecule has 0 bridgehead atoms. The maximum atomic E-state index is 4.36. The molecule has 0 fully saturated rings. The molecule has 3 aromatic heterocycles. The summed E-state index contributed by atoms with van der Waals surface area (Å²) in [6.45, 7) is 0. The van der Waals surface area contributed by atoms with E-state index in [4.69, 9.17) is 0 Å². The van der Waals surface area contributed by atoms with E-state index in [0.29, 0.717) is 0 Å². The van der Waals surface area contributed by atoms with Crippen LogP contribution in [0.3, 0.4) is 0 Å². The SMILES string of the molecule is CNC(Cc1ccsc1)c1cnn2ccncc12. The molecule has 3 rings (SSSR count). The van der Waals surface area contributed by atoms with E-state index in [9.17, 15) is 0 Å². The summed E-state index contributed by atoms with van der Waals surface area (Å²) in [4.78, 5) is 4.17. The maximum Gasteiger partial charge on any atom is 0.0892 e. The molecule has 0 aliphatic heterocycles. The van der Waals surface area contributed by atoms with Crippen LogP contribution in [0, 0.1) is 0 Å². The lowest BCUT2D eigenvalue weighted by atomic mass is 10.0. The zero-order chi connectivity index (χ0) is 12.4. The Morgan fingerprint density at radius 1 is 1.44 bits per heavy atom. The Bertz CT molecular complexity index is 629. The van der Waals surface area contributed by atoms with Crippen LogP contribution in [0.2, 0.25) is 0 Å². The zero-order valence-electron chi connectivity index (χ0n) is 10.1. The summed E-state index contributed by atoms with van der Waals surface area (Å²) in [7, 11) is 1.98. The van der Waals surface area contributed by atoms with E-state index in [2.05, 4.69) is 32.2 Å². The van der Waals surface area contributed by atoms with Crippen LogP contribution < -0.4 is 5.32 Å². The Morgan fingerprint density at radius 2 is 2.39 bits per heavy atom. The van der Waals surface area contributed by atoms with Gasteiger partial charge in [-0.25, -0.2) is 4.52 Å². The van der Waals surface area contributed by atoms with Gasteiger partial charge in [0.05, 0.1) is 17.9 Å². The van der Waals surface area contributed by atoms with E-state index in [1.807, 2.05) is 30.2 Å². The predicted molar refractivity (Wildman–Crippen MR) is 72.8 cm³/mol. The number of nitrogens with zero attached hydrogens (tertiary/aromatic N) is 3. The van der Waals surface area contributed by atoms with E-state index >= 15 is 0 Å². The van der Waals surface area contributed by atoms with Crippen LogP contribution in [-0.4, -0.2) is 21.6 Å². The normalized spacial score (nSPS) is 12.9. The van der Waals surface area contributed by atoms with Crippen molar-refractivity contribution in [3.63, 3.8) is 0 Å². The van der Waals surface area contributed by atoms with Crippen LogP contribution in [0.15, 0.2) is 41.6 Å². The summed E-state index contributed by atoms with van der Waals surface area (Å²) >= 11 is 1.73. The zero-order valence-corrected chi connectivity index (χ0v) is 10.9. The van der Waals surface area contributed by atoms with Crippen LogP contribution in [0.25, 0.3) is 5.52 Å². The largest absolute Gasteiger partial charge is 0.313 e. The Morgan fingerprint density at radius 3 is 3.17 bits per heavy atom. The smallest absolute Gasteiger partial charge is 0.0892 e. The first-order valence-electron chi connectivity index (χ1n) is 5.84. The second-order valence-corrected chi connectivity index (χ2v) is 4.96. The monoisotopic (exact) mass is 258 g/mol. The van der Waals surface area contributed by atoms with Crippen LogP contribution >= 0.6 is 11.3 Å². The molecule has 0 spiro atoms. The van der Waals surface area contributed by atoms with E-state index < -0.39 is 0 Å². The van der Waals surface area contributed by atoms with Gasteiger partial charge in [0.15, 0.2) is 0 Å². The van der Waals surface area contributed by atoms with Gasteiger partial charge in [-0.05, 0) is 35.9 Å².